The molecule has 0 aliphatic heterocycles. The van der Waals surface area contributed by atoms with Gasteiger partial charge in [-0.25, -0.2) is 8.42 Å². The Hall–Kier alpha value is -3.52. The van der Waals surface area contributed by atoms with Gasteiger partial charge in [0.25, 0.3) is 10.0 Å². The van der Waals surface area contributed by atoms with Gasteiger partial charge in [0, 0.05) is 12.1 Å². The molecule has 7 nitrogen and oxygen atoms in total. The van der Waals surface area contributed by atoms with E-state index in [1.54, 1.807) is 12.1 Å². The Morgan fingerprint density at radius 1 is 0.946 bits per heavy atom. The number of sulfonamides is 1. The van der Waals surface area contributed by atoms with Gasteiger partial charge in [-0.3, -0.25) is 9.10 Å². The monoisotopic (exact) mass is 524 g/mol. The molecule has 1 unspecified atom stereocenters. The zero-order chi connectivity index (χ0) is 27.2. The normalized spacial score (nSPS) is 12.5. The molecular weight excluding hydrogens is 488 g/mol. The van der Waals surface area contributed by atoms with Crippen molar-refractivity contribution in [3.63, 3.8) is 0 Å². The van der Waals surface area contributed by atoms with E-state index in [0.717, 1.165) is 9.87 Å². The summed E-state index contributed by atoms with van der Waals surface area (Å²) >= 11 is 0. The van der Waals surface area contributed by atoms with Crippen molar-refractivity contribution in [1.82, 2.24) is 5.32 Å². The second kappa shape index (κ2) is 11.7. The van der Waals surface area contributed by atoms with Crippen LogP contribution in [-0.2, 0) is 20.2 Å². The Labute approximate surface area is 220 Å². The van der Waals surface area contributed by atoms with E-state index in [4.69, 9.17) is 9.47 Å². The predicted molar refractivity (Wildman–Crippen MR) is 147 cm³/mol. The molecule has 1 atom stereocenters. The van der Waals surface area contributed by atoms with Gasteiger partial charge in [0.2, 0.25) is 5.91 Å². The van der Waals surface area contributed by atoms with Crippen molar-refractivity contribution in [3.05, 3.63) is 83.9 Å². The number of methoxy groups -OCH3 is 2. The third-order valence-corrected chi connectivity index (χ3v) is 8.10. The van der Waals surface area contributed by atoms with Gasteiger partial charge < -0.3 is 14.8 Å². The van der Waals surface area contributed by atoms with Crippen LogP contribution in [0, 0.1) is 6.92 Å². The standard InChI is InChI=1S/C29H36N2O5S/c1-21-12-14-24(15-13-21)31(37(33,34)25-16-17-26(35-5)27(18-25)36-6)20-28(32)30-22(2)19-29(3,4)23-10-8-7-9-11-23/h7-18,22H,19-20H2,1-6H3,(H,30,32). The first kappa shape index (κ1) is 28.1. The molecule has 3 rings (SSSR count). The lowest BCUT2D eigenvalue weighted by Gasteiger charge is -2.30. The Morgan fingerprint density at radius 2 is 1.57 bits per heavy atom. The van der Waals surface area contributed by atoms with Crippen molar-refractivity contribution in [2.75, 3.05) is 25.1 Å². The highest BCUT2D eigenvalue weighted by atomic mass is 32.2. The zero-order valence-electron chi connectivity index (χ0n) is 22.3. The van der Waals surface area contributed by atoms with Gasteiger partial charge in [-0.15, -0.1) is 0 Å². The van der Waals surface area contributed by atoms with Crippen LogP contribution in [0.2, 0.25) is 0 Å². The first-order valence-corrected chi connectivity index (χ1v) is 13.6. The van der Waals surface area contributed by atoms with Crippen LogP contribution in [0.25, 0.3) is 0 Å². The summed E-state index contributed by atoms with van der Waals surface area (Å²) < 4.78 is 39.2. The van der Waals surface area contributed by atoms with E-state index < -0.39 is 10.0 Å². The molecule has 198 valence electrons. The lowest BCUT2D eigenvalue weighted by atomic mass is 9.79. The van der Waals surface area contributed by atoms with Gasteiger partial charge in [0.1, 0.15) is 6.54 Å². The Morgan fingerprint density at radius 3 is 2.16 bits per heavy atom. The van der Waals surface area contributed by atoms with E-state index >= 15 is 0 Å². The van der Waals surface area contributed by atoms with Crippen molar-refractivity contribution < 1.29 is 22.7 Å². The number of aryl methyl sites for hydroxylation is 1. The van der Waals surface area contributed by atoms with Gasteiger partial charge in [0.15, 0.2) is 11.5 Å². The van der Waals surface area contributed by atoms with E-state index in [-0.39, 0.29) is 34.6 Å². The summed E-state index contributed by atoms with van der Waals surface area (Å²) in [6.07, 6.45) is 0.690. The molecule has 3 aromatic rings. The summed E-state index contributed by atoms with van der Waals surface area (Å²) in [6.45, 7) is 7.74. The van der Waals surface area contributed by atoms with Crippen LogP contribution >= 0.6 is 0 Å². The van der Waals surface area contributed by atoms with E-state index in [0.29, 0.717) is 17.9 Å². The molecule has 37 heavy (non-hydrogen) atoms. The highest BCUT2D eigenvalue weighted by Gasteiger charge is 2.30. The first-order valence-electron chi connectivity index (χ1n) is 12.1. The number of carbonyl (C=O) groups excluding carboxylic acids is 1. The van der Waals surface area contributed by atoms with Gasteiger partial charge in [0.05, 0.1) is 24.8 Å². The molecule has 0 aliphatic carbocycles. The molecule has 0 saturated carbocycles. The van der Waals surface area contributed by atoms with Gasteiger partial charge in [-0.2, -0.15) is 0 Å². The van der Waals surface area contributed by atoms with Crippen molar-refractivity contribution in [2.45, 2.75) is 50.5 Å². The molecule has 0 fully saturated rings. The largest absolute Gasteiger partial charge is 0.493 e. The van der Waals surface area contributed by atoms with E-state index in [1.807, 2.05) is 44.2 Å². The van der Waals surface area contributed by atoms with E-state index in [1.165, 1.54) is 38.0 Å². The molecule has 8 heteroatoms. The highest BCUT2D eigenvalue weighted by Crippen LogP contribution is 2.32. The summed E-state index contributed by atoms with van der Waals surface area (Å²) in [5.74, 6) is 0.311. The first-order chi connectivity index (χ1) is 17.5. The quantitative estimate of drug-likeness (QED) is 0.378. The summed E-state index contributed by atoms with van der Waals surface area (Å²) in [7, 11) is -1.17. The third kappa shape index (κ3) is 6.83. The van der Waals surface area contributed by atoms with Crippen molar-refractivity contribution in [3.8, 4) is 11.5 Å². The van der Waals surface area contributed by atoms with Crippen molar-refractivity contribution in [2.24, 2.45) is 0 Å². The molecule has 0 aliphatic rings. The lowest BCUT2D eigenvalue weighted by molar-refractivity contribution is -0.120. The SMILES string of the molecule is COc1ccc(S(=O)(=O)N(CC(=O)NC(C)CC(C)(C)c2ccccc2)c2ccc(C)cc2)cc1OC. The number of carbonyl (C=O) groups is 1. The highest BCUT2D eigenvalue weighted by molar-refractivity contribution is 7.92. The number of nitrogens with zero attached hydrogens (tertiary/aromatic N) is 1. The minimum atomic E-state index is -4.10. The summed E-state index contributed by atoms with van der Waals surface area (Å²) in [4.78, 5) is 13.2. The molecule has 0 bridgehead atoms. The fourth-order valence-corrected chi connectivity index (χ4v) is 5.84. The van der Waals surface area contributed by atoms with E-state index in [9.17, 15) is 13.2 Å². The predicted octanol–water partition coefficient (Wildman–Crippen LogP) is 5.08. The molecule has 0 aromatic heterocycles. The number of hydrogen-bond donors (Lipinski definition) is 1. The number of amides is 1. The van der Waals surface area contributed by atoms with Crippen LogP contribution in [0.1, 0.15) is 38.3 Å². The Balaban J connectivity index is 1.86. The molecule has 0 heterocycles. The van der Waals surface area contributed by atoms with Gasteiger partial charge in [-0.05, 0) is 55.5 Å². The second-order valence-corrected chi connectivity index (χ2v) is 11.6. The number of benzene rings is 3. The molecule has 1 amide bonds. The molecule has 3 aromatic carbocycles. The summed E-state index contributed by atoms with van der Waals surface area (Å²) in [6, 6.07) is 21.3. The fourth-order valence-electron chi connectivity index (χ4n) is 4.40. The smallest absolute Gasteiger partial charge is 0.264 e. The average molecular weight is 525 g/mol. The van der Waals surface area contributed by atoms with Crippen LogP contribution < -0.4 is 19.1 Å². The maximum absolute atomic E-state index is 13.8. The molecule has 0 spiro atoms. The van der Waals surface area contributed by atoms with Crippen molar-refractivity contribution >= 4 is 21.6 Å². The van der Waals surface area contributed by atoms with Crippen LogP contribution in [0.3, 0.4) is 0 Å². The van der Waals surface area contributed by atoms with Crippen LogP contribution in [0.5, 0.6) is 11.5 Å². The maximum atomic E-state index is 13.8. The van der Waals surface area contributed by atoms with E-state index in [2.05, 4.69) is 31.3 Å². The molecule has 0 saturated heterocycles. The molecule has 0 radical (unpaired) electrons. The van der Waals surface area contributed by atoms with Gasteiger partial charge in [-0.1, -0.05) is 61.9 Å². The number of hydrogen-bond acceptors (Lipinski definition) is 5. The van der Waals surface area contributed by atoms with Crippen molar-refractivity contribution in [1.29, 1.82) is 0 Å². The van der Waals surface area contributed by atoms with Crippen LogP contribution in [0.4, 0.5) is 5.69 Å². The Kier molecular flexibility index (Phi) is 8.86. The number of rotatable bonds is 11. The zero-order valence-corrected chi connectivity index (χ0v) is 23.1. The summed E-state index contributed by atoms with van der Waals surface area (Å²) in [5.41, 5.74) is 2.38. The fraction of sp³-hybridized carbons (Fsp3) is 0.345. The van der Waals surface area contributed by atoms with Crippen LogP contribution in [0.15, 0.2) is 77.7 Å². The maximum Gasteiger partial charge on any atom is 0.264 e. The lowest BCUT2D eigenvalue weighted by Crippen LogP contribution is -2.45. The van der Waals surface area contributed by atoms with Gasteiger partial charge >= 0.3 is 0 Å². The molecular formula is C29H36N2O5S. The Bertz CT molecular complexity index is 1310. The minimum absolute atomic E-state index is 0.00298. The van der Waals surface area contributed by atoms with Crippen LogP contribution in [-0.4, -0.2) is 41.1 Å². The second-order valence-electron chi connectivity index (χ2n) is 9.79. The number of anilines is 1. The average Bonchev–Trinajstić information content (AvgIpc) is 2.87. The topological polar surface area (TPSA) is 84.9 Å². The number of nitrogens with one attached hydrogen (secondary N) is 1. The number of ether oxygens (including phenoxy) is 2. The summed E-state index contributed by atoms with van der Waals surface area (Å²) in [5, 5.41) is 2.99. The minimum Gasteiger partial charge on any atom is -0.493 e. The molecule has 1 N–H and O–H groups in total. The third-order valence-electron chi connectivity index (χ3n) is 6.33.